The topological polar surface area (TPSA) is 77.8 Å². The van der Waals surface area contributed by atoms with Gasteiger partial charge in [-0.25, -0.2) is 4.79 Å². The number of Topliss-reactive ketones (excluding diaryl/α,β-unsaturated/α-hetero) is 1. The molecule has 0 aliphatic carbocycles. The quantitative estimate of drug-likeness (QED) is 0.464. The number of carbonyl (C=O) groups is 3. The third-order valence-electron chi connectivity index (χ3n) is 4.16. The van der Waals surface area contributed by atoms with E-state index >= 15 is 0 Å². The van der Waals surface area contributed by atoms with Crippen LogP contribution in [0, 0.1) is 0 Å². The van der Waals surface area contributed by atoms with Crippen LogP contribution in [0.5, 0.6) is 0 Å². The van der Waals surface area contributed by atoms with Gasteiger partial charge in [-0.3, -0.25) is 9.59 Å². The van der Waals surface area contributed by atoms with Gasteiger partial charge in [0, 0.05) is 19.3 Å². The van der Waals surface area contributed by atoms with Crippen LogP contribution in [-0.4, -0.2) is 59.5 Å². The van der Waals surface area contributed by atoms with Crippen LogP contribution >= 0.6 is 11.3 Å². The van der Waals surface area contributed by atoms with E-state index in [2.05, 4.69) is 0 Å². The number of amides is 1. The largest absolute Gasteiger partial charge is 0.465 e. The highest BCUT2D eigenvalue weighted by molar-refractivity contribution is 7.12. The smallest absolute Gasteiger partial charge is 0.350 e. The summed E-state index contributed by atoms with van der Waals surface area (Å²) in [6.45, 7) is 4.50. The fourth-order valence-electron chi connectivity index (χ4n) is 3.11. The van der Waals surface area contributed by atoms with Crippen molar-refractivity contribution in [2.24, 2.45) is 0 Å². The molecule has 1 saturated heterocycles. The summed E-state index contributed by atoms with van der Waals surface area (Å²) >= 11 is 1.22. The summed E-state index contributed by atoms with van der Waals surface area (Å²) < 4.78 is 11.9. The second-order valence-electron chi connectivity index (χ2n) is 6.19. The van der Waals surface area contributed by atoms with Crippen LogP contribution in [0.4, 0.5) is 0 Å². The predicted molar refractivity (Wildman–Crippen MR) is 95.9 cm³/mol. The summed E-state index contributed by atoms with van der Waals surface area (Å²) in [6, 6.07) is 4.97. The molecule has 138 valence electrons. The minimum Gasteiger partial charge on any atom is -0.465 e. The molecular weight excluding hydrogens is 356 g/mol. The lowest BCUT2D eigenvalue weighted by Gasteiger charge is -2.34. The SMILES string of the molecule is COC(=O)c1sccc1-n1cccc1C(=O)C(=O)N1C[C@@H](C)O[C@@H](C)C1. The minimum atomic E-state index is -0.613. The van der Waals surface area contributed by atoms with Crippen molar-refractivity contribution in [3.05, 3.63) is 40.3 Å². The van der Waals surface area contributed by atoms with Gasteiger partial charge in [-0.05, 0) is 37.4 Å². The molecule has 0 radical (unpaired) electrons. The first-order valence-corrected chi connectivity index (χ1v) is 9.13. The highest BCUT2D eigenvalue weighted by Gasteiger charge is 2.32. The Morgan fingerprint density at radius 1 is 1.19 bits per heavy atom. The van der Waals surface area contributed by atoms with Gasteiger partial charge in [0.2, 0.25) is 0 Å². The van der Waals surface area contributed by atoms with Crippen molar-refractivity contribution in [1.29, 1.82) is 0 Å². The number of ketones is 1. The number of morpholine rings is 1. The van der Waals surface area contributed by atoms with Crippen molar-refractivity contribution >= 4 is 29.0 Å². The van der Waals surface area contributed by atoms with Gasteiger partial charge in [0.1, 0.15) is 4.88 Å². The van der Waals surface area contributed by atoms with Crippen LogP contribution in [-0.2, 0) is 14.3 Å². The zero-order valence-corrected chi connectivity index (χ0v) is 15.6. The monoisotopic (exact) mass is 376 g/mol. The molecule has 1 amide bonds. The maximum absolute atomic E-state index is 12.8. The molecule has 0 unspecified atom stereocenters. The molecule has 3 heterocycles. The van der Waals surface area contributed by atoms with E-state index in [4.69, 9.17) is 9.47 Å². The molecule has 0 spiro atoms. The number of methoxy groups -OCH3 is 1. The Hall–Kier alpha value is -2.45. The summed E-state index contributed by atoms with van der Waals surface area (Å²) in [7, 11) is 1.30. The van der Waals surface area contributed by atoms with E-state index in [0.29, 0.717) is 23.7 Å². The molecule has 0 aromatic carbocycles. The first-order valence-electron chi connectivity index (χ1n) is 8.25. The van der Waals surface area contributed by atoms with Gasteiger partial charge in [0.25, 0.3) is 11.7 Å². The average Bonchev–Trinajstić information content (AvgIpc) is 3.27. The molecule has 26 heavy (non-hydrogen) atoms. The second kappa shape index (κ2) is 7.43. The van der Waals surface area contributed by atoms with Crippen LogP contribution in [0.15, 0.2) is 29.8 Å². The number of hydrogen-bond acceptors (Lipinski definition) is 6. The Bertz CT molecular complexity index is 830. The van der Waals surface area contributed by atoms with Crippen molar-refractivity contribution in [3.8, 4) is 5.69 Å². The van der Waals surface area contributed by atoms with Crippen LogP contribution < -0.4 is 0 Å². The molecule has 3 rings (SSSR count). The molecular formula is C18H20N2O5S. The van der Waals surface area contributed by atoms with Crippen LogP contribution in [0.1, 0.15) is 34.0 Å². The van der Waals surface area contributed by atoms with E-state index in [9.17, 15) is 14.4 Å². The van der Waals surface area contributed by atoms with Gasteiger partial charge < -0.3 is 18.9 Å². The zero-order valence-electron chi connectivity index (χ0n) is 14.8. The summed E-state index contributed by atoms with van der Waals surface area (Å²) in [5, 5.41) is 1.74. The fraction of sp³-hybridized carbons (Fsp3) is 0.389. The van der Waals surface area contributed by atoms with E-state index in [1.807, 2.05) is 13.8 Å². The number of carbonyl (C=O) groups excluding carboxylic acids is 3. The first-order chi connectivity index (χ1) is 12.4. The van der Waals surface area contributed by atoms with Gasteiger partial charge in [0.05, 0.1) is 30.7 Å². The van der Waals surface area contributed by atoms with Crippen LogP contribution in [0.2, 0.25) is 0 Å². The van der Waals surface area contributed by atoms with Crippen molar-refractivity contribution in [1.82, 2.24) is 9.47 Å². The van der Waals surface area contributed by atoms with Crippen molar-refractivity contribution in [2.45, 2.75) is 26.1 Å². The normalized spacial score (nSPS) is 20.0. The van der Waals surface area contributed by atoms with Crippen molar-refractivity contribution in [2.75, 3.05) is 20.2 Å². The predicted octanol–water partition coefficient (Wildman–Crippen LogP) is 2.14. The summed E-state index contributed by atoms with van der Waals surface area (Å²) in [4.78, 5) is 39.3. The van der Waals surface area contributed by atoms with Gasteiger partial charge in [0.15, 0.2) is 0 Å². The van der Waals surface area contributed by atoms with Gasteiger partial charge in [-0.2, -0.15) is 0 Å². The average molecular weight is 376 g/mol. The summed E-state index contributed by atoms with van der Waals surface area (Å²) in [5.41, 5.74) is 0.733. The van der Waals surface area contributed by atoms with Crippen LogP contribution in [0.3, 0.4) is 0 Å². The molecule has 2 aromatic heterocycles. The summed E-state index contributed by atoms with van der Waals surface area (Å²) in [6.07, 6.45) is 1.41. The van der Waals surface area contributed by atoms with E-state index < -0.39 is 17.7 Å². The Balaban J connectivity index is 1.89. The van der Waals surface area contributed by atoms with E-state index in [1.54, 1.807) is 34.3 Å². The summed E-state index contributed by atoms with van der Waals surface area (Å²) in [5.74, 6) is -1.66. The molecule has 1 aliphatic rings. The van der Waals surface area contributed by atoms with Crippen LogP contribution in [0.25, 0.3) is 5.69 Å². The standard InChI is InChI=1S/C18H20N2O5S/c1-11-9-19(10-12(2)25-11)17(22)15(21)13-5-4-7-20(13)14-6-8-26-16(14)18(23)24-3/h4-8,11-12H,9-10H2,1-3H3/t11-,12+. The molecule has 8 heteroatoms. The second-order valence-corrected chi connectivity index (χ2v) is 7.10. The minimum absolute atomic E-state index is 0.120. The molecule has 0 bridgehead atoms. The number of nitrogens with zero attached hydrogens (tertiary/aromatic N) is 2. The molecule has 1 fully saturated rings. The van der Waals surface area contributed by atoms with Crippen molar-refractivity contribution < 1.29 is 23.9 Å². The van der Waals surface area contributed by atoms with Crippen molar-refractivity contribution in [3.63, 3.8) is 0 Å². The molecule has 2 atom stereocenters. The number of hydrogen-bond donors (Lipinski definition) is 0. The number of esters is 1. The zero-order chi connectivity index (χ0) is 18.8. The van der Waals surface area contributed by atoms with E-state index in [-0.39, 0.29) is 17.9 Å². The lowest BCUT2D eigenvalue weighted by Crippen LogP contribution is -2.50. The van der Waals surface area contributed by atoms with E-state index in [0.717, 1.165) is 0 Å². The number of ether oxygens (including phenoxy) is 2. The number of thiophene rings is 1. The van der Waals surface area contributed by atoms with Gasteiger partial charge >= 0.3 is 5.97 Å². The van der Waals surface area contributed by atoms with E-state index in [1.165, 1.54) is 23.3 Å². The third-order valence-corrected chi connectivity index (χ3v) is 5.04. The van der Waals surface area contributed by atoms with Gasteiger partial charge in [-0.15, -0.1) is 11.3 Å². The molecule has 1 aliphatic heterocycles. The lowest BCUT2D eigenvalue weighted by atomic mass is 10.2. The highest BCUT2D eigenvalue weighted by atomic mass is 32.1. The maximum atomic E-state index is 12.8. The molecule has 7 nitrogen and oxygen atoms in total. The number of rotatable bonds is 4. The number of aromatic nitrogens is 1. The molecule has 0 saturated carbocycles. The lowest BCUT2D eigenvalue weighted by molar-refractivity contribution is -0.138. The Morgan fingerprint density at radius 2 is 1.88 bits per heavy atom. The maximum Gasteiger partial charge on any atom is 0.350 e. The Labute approximate surface area is 155 Å². The Morgan fingerprint density at radius 3 is 2.54 bits per heavy atom. The fourth-order valence-corrected chi connectivity index (χ4v) is 3.91. The first kappa shape index (κ1) is 18.3. The van der Waals surface area contributed by atoms with Gasteiger partial charge in [-0.1, -0.05) is 0 Å². The highest BCUT2D eigenvalue weighted by Crippen LogP contribution is 2.24. The molecule has 0 N–H and O–H groups in total. The third kappa shape index (κ3) is 3.42. The molecule has 2 aromatic rings. The Kier molecular flexibility index (Phi) is 5.24.